The van der Waals surface area contributed by atoms with Crippen LogP contribution in [0.4, 0.5) is 0 Å². The number of hydrogen-bond donors (Lipinski definition) is 1. The second-order valence-corrected chi connectivity index (χ2v) is 6.66. The van der Waals surface area contributed by atoms with E-state index in [1.165, 1.54) is 7.11 Å². The van der Waals surface area contributed by atoms with Gasteiger partial charge in [0, 0.05) is 22.4 Å². The van der Waals surface area contributed by atoms with Gasteiger partial charge in [-0.05, 0) is 6.07 Å². The zero-order valence-electron chi connectivity index (χ0n) is 10.9. The summed E-state index contributed by atoms with van der Waals surface area (Å²) in [5, 5.41) is 0. The molecule has 1 aromatic heterocycles. The number of para-hydroxylation sites is 1. The van der Waals surface area contributed by atoms with Crippen molar-refractivity contribution in [3.8, 4) is 5.75 Å². The summed E-state index contributed by atoms with van der Waals surface area (Å²) >= 11 is 0. The Kier molecular flexibility index (Phi) is 4.19. The Balaban J connectivity index is 2.55. The normalized spacial score (nSPS) is 11.3. The molecular formula is C12H11ClN2O5S. The summed E-state index contributed by atoms with van der Waals surface area (Å²) in [5.41, 5.74) is -1.15. The molecule has 0 aliphatic heterocycles. The molecule has 0 fully saturated rings. The molecule has 0 unspecified atom stereocenters. The van der Waals surface area contributed by atoms with Gasteiger partial charge in [0.1, 0.15) is 5.75 Å². The topological polar surface area (TPSA) is 98.2 Å². The largest absolute Gasteiger partial charge is 0.496 e. The van der Waals surface area contributed by atoms with Gasteiger partial charge in [0.15, 0.2) is 4.90 Å². The van der Waals surface area contributed by atoms with Crippen LogP contribution >= 0.6 is 10.7 Å². The van der Waals surface area contributed by atoms with E-state index in [2.05, 4.69) is 0 Å². The van der Waals surface area contributed by atoms with E-state index in [1.54, 1.807) is 24.3 Å². The van der Waals surface area contributed by atoms with Gasteiger partial charge < -0.3 is 4.74 Å². The van der Waals surface area contributed by atoms with Gasteiger partial charge in [-0.3, -0.25) is 14.3 Å². The molecule has 0 aliphatic carbocycles. The fourth-order valence-corrected chi connectivity index (χ4v) is 2.65. The van der Waals surface area contributed by atoms with Crippen molar-refractivity contribution in [1.29, 1.82) is 0 Å². The quantitative estimate of drug-likeness (QED) is 0.824. The Bertz CT molecular complexity index is 885. The van der Waals surface area contributed by atoms with Crippen LogP contribution in [0.2, 0.25) is 0 Å². The lowest BCUT2D eigenvalue weighted by atomic mass is 10.2. The van der Waals surface area contributed by atoms with E-state index in [0.29, 0.717) is 11.3 Å². The Labute approximate surface area is 124 Å². The van der Waals surface area contributed by atoms with Crippen LogP contribution < -0.4 is 16.0 Å². The lowest BCUT2D eigenvalue weighted by Gasteiger charge is -2.10. The van der Waals surface area contributed by atoms with Crippen molar-refractivity contribution in [2.45, 2.75) is 11.4 Å². The monoisotopic (exact) mass is 330 g/mol. The number of methoxy groups -OCH3 is 1. The van der Waals surface area contributed by atoms with E-state index in [1.807, 2.05) is 4.98 Å². The molecule has 9 heteroatoms. The van der Waals surface area contributed by atoms with Gasteiger partial charge in [-0.2, -0.15) is 0 Å². The van der Waals surface area contributed by atoms with Gasteiger partial charge in [0.25, 0.3) is 14.6 Å². The average molecular weight is 331 g/mol. The highest BCUT2D eigenvalue weighted by molar-refractivity contribution is 8.13. The van der Waals surface area contributed by atoms with Crippen molar-refractivity contribution >= 4 is 19.7 Å². The van der Waals surface area contributed by atoms with Gasteiger partial charge >= 0.3 is 5.69 Å². The fourth-order valence-electron chi connectivity index (χ4n) is 1.80. The van der Waals surface area contributed by atoms with Crippen LogP contribution in [0.1, 0.15) is 5.56 Å². The predicted molar refractivity (Wildman–Crippen MR) is 76.5 cm³/mol. The number of H-pyrrole nitrogens is 1. The summed E-state index contributed by atoms with van der Waals surface area (Å²) < 4.78 is 28.8. The van der Waals surface area contributed by atoms with Crippen LogP contribution in [0.5, 0.6) is 5.75 Å². The van der Waals surface area contributed by atoms with E-state index in [9.17, 15) is 18.0 Å². The Morgan fingerprint density at radius 2 is 1.95 bits per heavy atom. The highest BCUT2D eigenvalue weighted by atomic mass is 35.7. The number of halogens is 1. The van der Waals surface area contributed by atoms with Crippen LogP contribution in [0.3, 0.4) is 0 Å². The number of nitrogens with zero attached hydrogens (tertiary/aromatic N) is 1. The van der Waals surface area contributed by atoms with E-state index < -0.39 is 25.2 Å². The summed E-state index contributed by atoms with van der Waals surface area (Å²) in [7, 11) is 2.39. The molecule has 1 N–H and O–H groups in total. The maximum Gasteiger partial charge on any atom is 0.328 e. The number of hydrogen-bond acceptors (Lipinski definition) is 5. The molecule has 0 spiro atoms. The summed E-state index contributed by atoms with van der Waals surface area (Å²) in [4.78, 5) is 24.4. The Hall–Kier alpha value is -2.06. The lowest BCUT2D eigenvalue weighted by Crippen LogP contribution is -2.32. The smallest absolute Gasteiger partial charge is 0.328 e. The van der Waals surface area contributed by atoms with Crippen molar-refractivity contribution in [2.75, 3.05) is 7.11 Å². The van der Waals surface area contributed by atoms with Crippen LogP contribution in [-0.2, 0) is 15.6 Å². The van der Waals surface area contributed by atoms with Crippen molar-refractivity contribution in [3.05, 3.63) is 56.9 Å². The summed E-state index contributed by atoms with van der Waals surface area (Å²) in [6.07, 6.45) is 0.913. The Morgan fingerprint density at radius 3 is 2.57 bits per heavy atom. The molecule has 0 aliphatic rings. The van der Waals surface area contributed by atoms with Crippen LogP contribution in [0.15, 0.2) is 44.9 Å². The molecule has 1 heterocycles. The molecule has 0 radical (unpaired) electrons. The molecule has 7 nitrogen and oxygen atoms in total. The molecule has 0 saturated heterocycles. The third-order valence-corrected chi connectivity index (χ3v) is 4.09. The summed E-state index contributed by atoms with van der Waals surface area (Å²) in [6.45, 7) is 0.0268. The fraction of sp³-hybridized carbons (Fsp3) is 0.167. The number of benzene rings is 1. The highest BCUT2D eigenvalue weighted by Gasteiger charge is 2.17. The number of ether oxygens (including phenoxy) is 1. The SMILES string of the molecule is COc1ccccc1Cn1cc(S(=O)(=O)Cl)c(=O)[nH]c1=O. The van der Waals surface area contributed by atoms with E-state index >= 15 is 0 Å². The maximum absolute atomic E-state index is 11.8. The van der Waals surface area contributed by atoms with Gasteiger partial charge in [-0.25, -0.2) is 13.2 Å². The standard InChI is InChI=1S/C12H11ClN2O5S/c1-20-9-5-3-2-4-8(9)6-15-7-10(21(13,18)19)11(16)14-12(15)17/h2-5,7H,6H2,1H3,(H,14,16,17). The van der Waals surface area contributed by atoms with Crippen molar-refractivity contribution in [1.82, 2.24) is 9.55 Å². The van der Waals surface area contributed by atoms with E-state index in [-0.39, 0.29) is 6.54 Å². The van der Waals surface area contributed by atoms with E-state index in [0.717, 1.165) is 10.8 Å². The van der Waals surface area contributed by atoms with Crippen LogP contribution in [0.25, 0.3) is 0 Å². The first-order valence-electron chi connectivity index (χ1n) is 5.73. The molecule has 0 bridgehead atoms. The van der Waals surface area contributed by atoms with Crippen molar-refractivity contribution < 1.29 is 13.2 Å². The van der Waals surface area contributed by atoms with Gasteiger partial charge in [-0.15, -0.1) is 0 Å². The first-order chi connectivity index (χ1) is 9.82. The minimum Gasteiger partial charge on any atom is -0.496 e. The second-order valence-electron chi connectivity index (χ2n) is 4.13. The van der Waals surface area contributed by atoms with Gasteiger partial charge in [0.05, 0.1) is 13.7 Å². The van der Waals surface area contributed by atoms with Gasteiger partial charge in [-0.1, -0.05) is 18.2 Å². The van der Waals surface area contributed by atoms with Crippen molar-refractivity contribution in [3.63, 3.8) is 0 Å². The zero-order valence-corrected chi connectivity index (χ0v) is 12.4. The number of rotatable bonds is 4. The zero-order chi connectivity index (χ0) is 15.6. The number of aromatic nitrogens is 2. The van der Waals surface area contributed by atoms with Crippen LogP contribution in [-0.4, -0.2) is 25.1 Å². The Morgan fingerprint density at radius 1 is 1.29 bits per heavy atom. The summed E-state index contributed by atoms with van der Waals surface area (Å²) in [5.74, 6) is 0.533. The highest BCUT2D eigenvalue weighted by Crippen LogP contribution is 2.18. The first kappa shape index (κ1) is 15.3. The molecule has 21 heavy (non-hydrogen) atoms. The molecule has 0 amide bonds. The first-order valence-corrected chi connectivity index (χ1v) is 8.04. The predicted octanol–water partition coefficient (Wildman–Crippen LogP) is 0.521. The number of aromatic amines is 1. The molecule has 2 aromatic rings. The third kappa shape index (κ3) is 3.34. The molecule has 2 rings (SSSR count). The van der Waals surface area contributed by atoms with E-state index in [4.69, 9.17) is 15.4 Å². The molecular weight excluding hydrogens is 320 g/mol. The van der Waals surface area contributed by atoms with Crippen LogP contribution in [0, 0.1) is 0 Å². The maximum atomic E-state index is 11.8. The molecule has 112 valence electrons. The van der Waals surface area contributed by atoms with Crippen molar-refractivity contribution in [2.24, 2.45) is 0 Å². The minimum absolute atomic E-state index is 0.0268. The number of nitrogens with one attached hydrogen (secondary N) is 1. The molecule has 0 saturated carbocycles. The average Bonchev–Trinajstić information content (AvgIpc) is 2.41. The minimum atomic E-state index is -4.24. The molecule has 1 aromatic carbocycles. The second kappa shape index (κ2) is 5.74. The summed E-state index contributed by atoms with van der Waals surface area (Å²) in [6, 6.07) is 6.91. The molecule has 0 atom stereocenters. The lowest BCUT2D eigenvalue weighted by molar-refractivity contribution is 0.408. The third-order valence-electron chi connectivity index (χ3n) is 2.77. The van der Waals surface area contributed by atoms with Gasteiger partial charge in [0.2, 0.25) is 0 Å².